The molecule has 2 atom stereocenters. The number of aliphatic hydroxyl groups excluding tert-OH is 1. The van der Waals surface area contributed by atoms with Crippen molar-refractivity contribution in [3.05, 3.63) is 30.1 Å². The molecule has 1 aromatic heterocycles. The van der Waals surface area contributed by atoms with E-state index < -0.39 is 6.10 Å². The summed E-state index contributed by atoms with van der Waals surface area (Å²) in [5, 5.41) is 12.8. The molecule has 1 heterocycles. The molecule has 2 unspecified atom stereocenters. The number of carbonyl (C=O) groups excluding carboxylic acids is 1. The fraction of sp³-hybridized carbons (Fsp3) is 0.538. The Morgan fingerprint density at radius 3 is 2.78 bits per heavy atom. The lowest BCUT2D eigenvalue weighted by atomic mass is 10.1. The van der Waals surface area contributed by atoms with Gasteiger partial charge in [0.25, 0.3) is 0 Å². The minimum absolute atomic E-state index is 0.0178. The number of carbonyl (C=O) groups is 1. The van der Waals surface area contributed by atoms with Crippen LogP contribution in [-0.2, 0) is 9.53 Å². The third-order valence-corrected chi connectivity index (χ3v) is 2.57. The summed E-state index contributed by atoms with van der Waals surface area (Å²) in [6.07, 6.45) is 2.74. The Balaban J connectivity index is 2.30. The van der Waals surface area contributed by atoms with Gasteiger partial charge < -0.3 is 15.2 Å². The summed E-state index contributed by atoms with van der Waals surface area (Å²) < 4.78 is 4.77. The normalized spacial score (nSPS) is 13.9. The number of esters is 1. The lowest BCUT2D eigenvalue weighted by Crippen LogP contribution is -2.31. The average molecular weight is 252 g/mol. The molecule has 0 bridgehead atoms. The standard InChI is InChI=1S/C13H20N2O3/c1-3-18-13(17)8-12(16)9-15-10(2)11-4-6-14-7-5-11/h4-7,10,12,15-16H,3,8-9H2,1-2H3. The van der Waals surface area contributed by atoms with Crippen molar-refractivity contribution in [1.29, 1.82) is 0 Å². The zero-order valence-corrected chi connectivity index (χ0v) is 10.8. The van der Waals surface area contributed by atoms with Gasteiger partial charge in [0.1, 0.15) is 0 Å². The van der Waals surface area contributed by atoms with Crippen molar-refractivity contribution in [2.75, 3.05) is 13.2 Å². The summed E-state index contributed by atoms with van der Waals surface area (Å²) in [6.45, 7) is 4.43. The van der Waals surface area contributed by atoms with Crippen molar-refractivity contribution in [2.24, 2.45) is 0 Å². The van der Waals surface area contributed by atoms with Crippen LogP contribution < -0.4 is 5.32 Å². The van der Waals surface area contributed by atoms with Gasteiger partial charge in [-0.25, -0.2) is 0 Å². The fourth-order valence-electron chi connectivity index (χ4n) is 1.57. The molecule has 100 valence electrons. The van der Waals surface area contributed by atoms with Crippen LogP contribution in [-0.4, -0.2) is 35.3 Å². The van der Waals surface area contributed by atoms with Crippen LogP contribution in [0.15, 0.2) is 24.5 Å². The van der Waals surface area contributed by atoms with Crippen LogP contribution in [0.1, 0.15) is 31.9 Å². The first-order valence-corrected chi connectivity index (χ1v) is 6.10. The second-order valence-corrected chi connectivity index (χ2v) is 4.07. The zero-order chi connectivity index (χ0) is 13.4. The van der Waals surface area contributed by atoms with Gasteiger partial charge in [-0.15, -0.1) is 0 Å². The van der Waals surface area contributed by atoms with Gasteiger partial charge >= 0.3 is 5.97 Å². The van der Waals surface area contributed by atoms with Crippen LogP contribution >= 0.6 is 0 Å². The zero-order valence-electron chi connectivity index (χ0n) is 10.8. The average Bonchev–Trinajstić information content (AvgIpc) is 2.37. The largest absolute Gasteiger partial charge is 0.466 e. The highest BCUT2D eigenvalue weighted by atomic mass is 16.5. The molecule has 0 amide bonds. The molecule has 0 aromatic carbocycles. The molecule has 0 saturated heterocycles. The highest BCUT2D eigenvalue weighted by molar-refractivity contribution is 5.69. The number of nitrogens with zero attached hydrogens (tertiary/aromatic N) is 1. The Hall–Kier alpha value is -1.46. The maximum absolute atomic E-state index is 11.1. The molecular weight excluding hydrogens is 232 g/mol. The topological polar surface area (TPSA) is 71.5 Å². The second kappa shape index (κ2) is 7.79. The van der Waals surface area contributed by atoms with Crippen molar-refractivity contribution in [3.8, 4) is 0 Å². The predicted octanol–water partition coefficient (Wildman–Crippen LogP) is 1.05. The molecule has 1 rings (SSSR count). The summed E-state index contributed by atoms with van der Waals surface area (Å²) in [5.41, 5.74) is 1.09. The first-order valence-electron chi connectivity index (χ1n) is 6.10. The number of hydrogen-bond acceptors (Lipinski definition) is 5. The van der Waals surface area contributed by atoms with Gasteiger partial charge in [-0.05, 0) is 31.5 Å². The molecule has 5 heteroatoms. The molecule has 1 aromatic rings. The third kappa shape index (κ3) is 5.25. The SMILES string of the molecule is CCOC(=O)CC(O)CNC(C)c1ccncc1. The molecule has 18 heavy (non-hydrogen) atoms. The van der Waals surface area contributed by atoms with Crippen molar-refractivity contribution in [3.63, 3.8) is 0 Å². The Bertz CT molecular complexity index is 357. The first-order chi connectivity index (χ1) is 8.63. The lowest BCUT2D eigenvalue weighted by molar-refractivity contribution is -0.145. The van der Waals surface area contributed by atoms with Gasteiger partial charge in [0.05, 0.1) is 19.1 Å². The monoisotopic (exact) mass is 252 g/mol. The molecular formula is C13H20N2O3. The number of aromatic nitrogens is 1. The highest BCUT2D eigenvalue weighted by Gasteiger charge is 2.13. The minimum atomic E-state index is -0.728. The number of aliphatic hydroxyl groups is 1. The number of pyridine rings is 1. The number of ether oxygens (including phenoxy) is 1. The van der Waals surface area contributed by atoms with E-state index in [0.29, 0.717) is 13.2 Å². The van der Waals surface area contributed by atoms with Crippen molar-refractivity contribution >= 4 is 5.97 Å². The molecule has 2 N–H and O–H groups in total. The maximum atomic E-state index is 11.1. The van der Waals surface area contributed by atoms with E-state index in [1.807, 2.05) is 19.1 Å². The molecule has 0 aliphatic rings. The Morgan fingerprint density at radius 1 is 1.50 bits per heavy atom. The van der Waals surface area contributed by atoms with Gasteiger partial charge in [-0.1, -0.05) is 0 Å². The van der Waals surface area contributed by atoms with E-state index in [9.17, 15) is 9.90 Å². The predicted molar refractivity (Wildman–Crippen MR) is 67.9 cm³/mol. The van der Waals surface area contributed by atoms with E-state index in [4.69, 9.17) is 4.74 Å². The van der Waals surface area contributed by atoms with Crippen molar-refractivity contribution in [2.45, 2.75) is 32.4 Å². The quantitative estimate of drug-likeness (QED) is 0.710. The second-order valence-electron chi connectivity index (χ2n) is 4.07. The molecule has 0 radical (unpaired) electrons. The van der Waals surface area contributed by atoms with E-state index >= 15 is 0 Å². The summed E-state index contributed by atoms with van der Waals surface area (Å²) in [5.74, 6) is -0.372. The van der Waals surface area contributed by atoms with E-state index in [0.717, 1.165) is 5.56 Å². The first kappa shape index (κ1) is 14.6. The van der Waals surface area contributed by atoms with E-state index in [1.54, 1.807) is 19.3 Å². The van der Waals surface area contributed by atoms with Gasteiger partial charge in [0.2, 0.25) is 0 Å². The number of rotatable bonds is 7. The van der Waals surface area contributed by atoms with Gasteiger partial charge in [-0.3, -0.25) is 9.78 Å². The van der Waals surface area contributed by atoms with Crippen LogP contribution in [0.2, 0.25) is 0 Å². The fourth-order valence-corrected chi connectivity index (χ4v) is 1.57. The van der Waals surface area contributed by atoms with E-state index in [1.165, 1.54) is 0 Å². The van der Waals surface area contributed by atoms with Crippen LogP contribution in [0.5, 0.6) is 0 Å². The van der Waals surface area contributed by atoms with E-state index in [-0.39, 0.29) is 18.4 Å². The van der Waals surface area contributed by atoms with Crippen LogP contribution in [0.3, 0.4) is 0 Å². The minimum Gasteiger partial charge on any atom is -0.466 e. The highest BCUT2D eigenvalue weighted by Crippen LogP contribution is 2.10. The summed E-state index contributed by atoms with van der Waals surface area (Å²) in [7, 11) is 0. The number of nitrogens with one attached hydrogen (secondary N) is 1. The van der Waals surface area contributed by atoms with Gasteiger partial charge in [0, 0.05) is 25.0 Å². The van der Waals surface area contributed by atoms with Crippen LogP contribution in [0.4, 0.5) is 0 Å². The molecule has 0 aliphatic heterocycles. The number of hydrogen-bond donors (Lipinski definition) is 2. The van der Waals surface area contributed by atoms with Gasteiger partial charge in [0.15, 0.2) is 0 Å². The van der Waals surface area contributed by atoms with Crippen molar-refractivity contribution in [1.82, 2.24) is 10.3 Å². The van der Waals surface area contributed by atoms with Crippen LogP contribution in [0, 0.1) is 0 Å². The third-order valence-electron chi connectivity index (χ3n) is 2.57. The smallest absolute Gasteiger partial charge is 0.308 e. The van der Waals surface area contributed by atoms with Crippen LogP contribution in [0.25, 0.3) is 0 Å². The molecule has 5 nitrogen and oxygen atoms in total. The Morgan fingerprint density at radius 2 is 2.17 bits per heavy atom. The summed E-state index contributed by atoms with van der Waals surface area (Å²) >= 11 is 0. The van der Waals surface area contributed by atoms with Gasteiger partial charge in [-0.2, -0.15) is 0 Å². The summed E-state index contributed by atoms with van der Waals surface area (Å²) in [4.78, 5) is 15.1. The maximum Gasteiger partial charge on any atom is 0.308 e. The van der Waals surface area contributed by atoms with E-state index in [2.05, 4.69) is 10.3 Å². The molecule has 0 saturated carbocycles. The molecule has 0 fully saturated rings. The van der Waals surface area contributed by atoms with Crippen molar-refractivity contribution < 1.29 is 14.6 Å². The Labute approximate surface area is 107 Å². The summed E-state index contributed by atoms with van der Waals surface area (Å²) in [6, 6.07) is 3.93. The Kier molecular flexibility index (Phi) is 6.32. The lowest BCUT2D eigenvalue weighted by Gasteiger charge is -2.16. The molecule has 0 aliphatic carbocycles. The molecule has 0 spiro atoms.